The Labute approximate surface area is 203 Å². The lowest BCUT2D eigenvalue weighted by Gasteiger charge is -2.25. The number of carbonyl (C=O) groups is 2. The number of amides is 1. The summed E-state index contributed by atoms with van der Waals surface area (Å²) in [5.74, 6) is -0.895. The van der Waals surface area contributed by atoms with Crippen LogP contribution in [0.3, 0.4) is 0 Å². The van der Waals surface area contributed by atoms with Gasteiger partial charge < -0.3 is 14.6 Å². The fourth-order valence-electron chi connectivity index (χ4n) is 4.03. The van der Waals surface area contributed by atoms with Gasteiger partial charge >= 0.3 is 0 Å². The molecule has 7 heteroatoms. The summed E-state index contributed by atoms with van der Waals surface area (Å²) in [4.78, 5) is 27.9. The molecule has 1 heterocycles. The van der Waals surface area contributed by atoms with E-state index in [-0.39, 0.29) is 11.3 Å². The summed E-state index contributed by atoms with van der Waals surface area (Å²) in [6.07, 6.45) is 0. The van der Waals surface area contributed by atoms with E-state index in [1.54, 1.807) is 42.5 Å². The zero-order chi connectivity index (χ0) is 24.2. The van der Waals surface area contributed by atoms with E-state index in [2.05, 4.69) is 0 Å². The predicted octanol–water partition coefficient (Wildman–Crippen LogP) is 5.76. The largest absolute Gasteiger partial charge is 0.507 e. The van der Waals surface area contributed by atoms with E-state index in [1.807, 2.05) is 44.2 Å². The van der Waals surface area contributed by atoms with Crippen molar-refractivity contribution in [3.63, 3.8) is 0 Å². The normalized spacial score (nSPS) is 17.1. The number of anilines is 1. The minimum atomic E-state index is -0.830. The summed E-state index contributed by atoms with van der Waals surface area (Å²) in [6, 6.07) is 19.9. The minimum absolute atomic E-state index is 0.0173. The van der Waals surface area contributed by atoms with E-state index in [4.69, 9.17) is 21.1 Å². The van der Waals surface area contributed by atoms with E-state index in [0.29, 0.717) is 46.5 Å². The number of ketones is 1. The maximum absolute atomic E-state index is 13.3. The van der Waals surface area contributed by atoms with E-state index in [9.17, 15) is 14.7 Å². The molecule has 0 saturated carbocycles. The van der Waals surface area contributed by atoms with Crippen molar-refractivity contribution in [1.29, 1.82) is 0 Å². The lowest BCUT2D eigenvalue weighted by molar-refractivity contribution is -0.132. The van der Waals surface area contributed by atoms with E-state index < -0.39 is 17.7 Å². The molecule has 6 nitrogen and oxygen atoms in total. The Morgan fingerprint density at radius 3 is 2.26 bits per heavy atom. The van der Waals surface area contributed by atoms with Crippen LogP contribution < -0.4 is 14.4 Å². The van der Waals surface area contributed by atoms with Crippen LogP contribution >= 0.6 is 11.6 Å². The Hall–Kier alpha value is -3.77. The van der Waals surface area contributed by atoms with Crippen LogP contribution in [0.25, 0.3) is 5.76 Å². The van der Waals surface area contributed by atoms with Crippen molar-refractivity contribution in [1.82, 2.24) is 0 Å². The Bertz CT molecular complexity index is 1240. The lowest BCUT2D eigenvalue weighted by atomic mass is 9.95. The van der Waals surface area contributed by atoms with Gasteiger partial charge in [0.1, 0.15) is 17.3 Å². The molecule has 0 spiro atoms. The van der Waals surface area contributed by atoms with E-state index in [1.165, 1.54) is 4.90 Å². The second-order valence-corrected chi connectivity index (χ2v) is 8.02. The molecule has 0 bridgehead atoms. The summed E-state index contributed by atoms with van der Waals surface area (Å²) < 4.78 is 11.3. The van der Waals surface area contributed by atoms with Gasteiger partial charge in [-0.3, -0.25) is 14.5 Å². The van der Waals surface area contributed by atoms with Crippen molar-refractivity contribution >= 4 is 34.7 Å². The first-order chi connectivity index (χ1) is 16.5. The molecule has 3 aromatic carbocycles. The molecule has 1 atom stereocenters. The molecule has 0 aliphatic carbocycles. The highest BCUT2D eigenvalue weighted by Gasteiger charge is 2.47. The number of halogens is 1. The van der Waals surface area contributed by atoms with Gasteiger partial charge in [0, 0.05) is 16.8 Å². The van der Waals surface area contributed by atoms with Crippen LogP contribution in [0.2, 0.25) is 5.02 Å². The summed E-state index contributed by atoms with van der Waals surface area (Å²) in [5.41, 5.74) is 1.47. The Kier molecular flexibility index (Phi) is 6.89. The van der Waals surface area contributed by atoms with Crippen molar-refractivity contribution < 1.29 is 24.2 Å². The van der Waals surface area contributed by atoms with Crippen molar-refractivity contribution in [3.05, 3.63) is 94.5 Å². The van der Waals surface area contributed by atoms with Crippen LogP contribution in [0.5, 0.6) is 11.5 Å². The Morgan fingerprint density at radius 2 is 1.62 bits per heavy atom. The number of Topliss-reactive ketones (excluding diaryl/α,β-unsaturated/α-hetero) is 1. The third kappa shape index (κ3) is 4.37. The standard InChI is InChI=1S/C27H24ClNO5/c1-3-33-20-14-15-21(22(16-20)34-4-2)25(30)23-24(17-8-6-5-7-9-17)29(27(32)26(23)31)19-12-10-18(28)11-13-19/h5-16,24,30H,3-4H2,1-2H3/b25-23-. The molecular formula is C27H24ClNO5. The number of carbonyl (C=O) groups excluding carboxylic acids is 2. The number of nitrogens with zero attached hydrogens (tertiary/aromatic N) is 1. The molecule has 1 N–H and O–H groups in total. The van der Waals surface area contributed by atoms with Crippen LogP contribution in [0.4, 0.5) is 5.69 Å². The molecule has 1 amide bonds. The third-order valence-electron chi connectivity index (χ3n) is 5.48. The van der Waals surface area contributed by atoms with E-state index in [0.717, 1.165) is 0 Å². The molecule has 3 aromatic rings. The summed E-state index contributed by atoms with van der Waals surface area (Å²) in [7, 11) is 0. The van der Waals surface area contributed by atoms with Crippen LogP contribution in [-0.2, 0) is 9.59 Å². The molecule has 0 aromatic heterocycles. The van der Waals surface area contributed by atoms with Gasteiger partial charge in [-0.2, -0.15) is 0 Å². The Balaban J connectivity index is 1.92. The maximum atomic E-state index is 13.3. The minimum Gasteiger partial charge on any atom is -0.507 e. The summed E-state index contributed by atoms with van der Waals surface area (Å²) in [5, 5.41) is 11.9. The monoisotopic (exact) mass is 477 g/mol. The van der Waals surface area contributed by atoms with Crippen molar-refractivity contribution in [3.8, 4) is 11.5 Å². The van der Waals surface area contributed by atoms with Crippen molar-refractivity contribution in [2.24, 2.45) is 0 Å². The van der Waals surface area contributed by atoms with Crippen LogP contribution in [-0.4, -0.2) is 30.0 Å². The van der Waals surface area contributed by atoms with Crippen molar-refractivity contribution in [2.45, 2.75) is 19.9 Å². The molecule has 0 radical (unpaired) electrons. The number of ether oxygens (including phenoxy) is 2. The zero-order valence-corrected chi connectivity index (χ0v) is 19.6. The van der Waals surface area contributed by atoms with Crippen LogP contribution in [0.15, 0.2) is 78.4 Å². The summed E-state index contributed by atoms with van der Waals surface area (Å²) in [6.45, 7) is 4.50. The first kappa shape index (κ1) is 23.4. The van der Waals surface area contributed by atoms with Gasteiger partial charge in [0.25, 0.3) is 11.7 Å². The number of rotatable bonds is 7. The molecule has 4 rings (SSSR count). The predicted molar refractivity (Wildman–Crippen MR) is 131 cm³/mol. The molecule has 1 aliphatic heterocycles. The fourth-order valence-corrected chi connectivity index (χ4v) is 4.15. The summed E-state index contributed by atoms with van der Waals surface area (Å²) >= 11 is 6.03. The average Bonchev–Trinajstić information content (AvgIpc) is 3.11. The molecular weight excluding hydrogens is 454 g/mol. The topological polar surface area (TPSA) is 76.1 Å². The zero-order valence-electron chi connectivity index (χ0n) is 18.8. The maximum Gasteiger partial charge on any atom is 0.300 e. The van der Waals surface area contributed by atoms with Crippen LogP contribution in [0.1, 0.15) is 31.0 Å². The van der Waals surface area contributed by atoms with Gasteiger partial charge in [0.05, 0.1) is 30.4 Å². The van der Waals surface area contributed by atoms with Gasteiger partial charge in [-0.25, -0.2) is 0 Å². The van der Waals surface area contributed by atoms with Gasteiger partial charge in [0.2, 0.25) is 0 Å². The van der Waals surface area contributed by atoms with Gasteiger partial charge in [-0.1, -0.05) is 41.9 Å². The first-order valence-electron chi connectivity index (χ1n) is 11.0. The SMILES string of the molecule is CCOc1ccc(/C(O)=C2/C(=O)C(=O)N(c3ccc(Cl)cc3)C2c2ccccc2)c(OCC)c1. The average molecular weight is 478 g/mol. The van der Waals surface area contributed by atoms with Gasteiger partial charge in [-0.15, -0.1) is 0 Å². The molecule has 174 valence electrons. The quantitative estimate of drug-likeness (QED) is 0.266. The number of aliphatic hydroxyl groups excluding tert-OH is 1. The van der Waals surface area contributed by atoms with Crippen LogP contribution in [0, 0.1) is 0 Å². The number of hydrogen-bond donors (Lipinski definition) is 1. The Morgan fingerprint density at radius 1 is 0.941 bits per heavy atom. The number of aliphatic hydroxyl groups is 1. The van der Waals surface area contributed by atoms with Crippen molar-refractivity contribution in [2.75, 3.05) is 18.1 Å². The van der Waals surface area contributed by atoms with Gasteiger partial charge in [0.15, 0.2) is 0 Å². The highest BCUT2D eigenvalue weighted by atomic mass is 35.5. The van der Waals surface area contributed by atoms with Gasteiger partial charge in [-0.05, 0) is 55.8 Å². The molecule has 1 saturated heterocycles. The highest BCUT2D eigenvalue weighted by molar-refractivity contribution is 6.51. The molecule has 1 fully saturated rings. The highest BCUT2D eigenvalue weighted by Crippen LogP contribution is 2.43. The fraction of sp³-hybridized carbons (Fsp3) is 0.185. The molecule has 1 unspecified atom stereocenters. The lowest BCUT2D eigenvalue weighted by Crippen LogP contribution is -2.29. The van der Waals surface area contributed by atoms with E-state index >= 15 is 0 Å². The second kappa shape index (κ2) is 10.0. The second-order valence-electron chi connectivity index (χ2n) is 7.58. The number of benzene rings is 3. The smallest absolute Gasteiger partial charge is 0.300 e. The molecule has 34 heavy (non-hydrogen) atoms. The first-order valence-corrected chi connectivity index (χ1v) is 11.4. The third-order valence-corrected chi connectivity index (χ3v) is 5.74. The molecule has 1 aliphatic rings. The number of hydrogen-bond acceptors (Lipinski definition) is 5.